The van der Waals surface area contributed by atoms with E-state index in [1.165, 1.54) is 30.3 Å². The second-order valence-corrected chi connectivity index (χ2v) is 9.61. The summed E-state index contributed by atoms with van der Waals surface area (Å²) in [6.07, 6.45) is 0. The van der Waals surface area contributed by atoms with Crippen LogP contribution in [0.4, 0.5) is 11.4 Å². The lowest BCUT2D eigenvalue weighted by Crippen LogP contribution is -2.41. The Morgan fingerprint density at radius 2 is 1.56 bits per heavy atom. The number of para-hydroxylation sites is 1. The van der Waals surface area contributed by atoms with Gasteiger partial charge in [0.25, 0.3) is 21.8 Å². The second-order valence-electron chi connectivity index (χ2n) is 7.52. The maximum Gasteiger partial charge on any atom is 0.261 e. The quantitative estimate of drug-likeness (QED) is 0.535. The van der Waals surface area contributed by atoms with Gasteiger partial charge in [0.15, 0.2) is 0 Å². The summed E-state index contributed by atoms with van der Waals surface area (Å²) < 4.78 is 33.0. The van der Waals surface area contributed by atoms with Crippen molar-refractivity contribution >= 4 is 44.8 Å². The molecular weight excluding hydrogens is 478 g/mol. The third-order valence-electron chi connectivity index (χ3n) is 5.22. The van der Waals surface area contributed by atoms with Crippen molar-refractivity contribution in [2.75, 3.05) is 36.3 Å². The highest BCUT2D eigenvalue weighted by Crippen LogP contribution is 2.25. The van der Waals surface area contributed by atoms with Crippen LogP contribution in [-0.4, -0.2) is 51.4 Å². The van der Waals surface area contributed by atoms with Gasteiger partial charge in [-0.05, 0) is 42.5 Å². The molecule has 34 heavy (non-hydrogen) atoms. The number of carbonyl (C=O) groups is 2. The molecule has 2 N–H and O–H groups in total. The van der Waals surface area contributed by atoms with E-state index in [1.54, 1.807) is 47.4 Å². The average Bonchev–Trinajstić information content (AvgIpc) is 2.86. The van der Waals surface area contributed by atoms with Gasteiger partial charge in [0, 0.05) is 18.8 Å². The van der Waals surface area contributed by atoms with Crippen molar-refractivity contribution in [3.63, 3.8) is 0 Å². The Morgan fingerprint density at radius 1 is 0.882 bits per heavy atom. The molecule has 0 aromatic heterocycles. The van der Waals surface area contributed by atoms with Gasteiger partial charge >= 0.3 is 0 Å². The van der Waals surface area contributed by atoms with Gasteiger partial charge in [0.2, 0.25) is 0 Å². The first kappa shape index (κ1) is 23.7. The minimum atomic E-state index is -3.84. The summed E-state index contributed by atoms with van der Waals surface area (Å²) in [5, 5.41) is 2.87. The van der Waals surface area contributed by atoms with E-state index in [9.17, 15) is 18.0 Å². The standard InChI is InChI=1S/C24H22ClN3O5S/c25-21-11-10-17(27-34(31,32)18-6-2-1-3-7-18)16-20(21)23(29)26-22-9-5-4-8-19(22)24(30)28-12-14-33-15-13-28/h1-11,16,27H,12-15H2,(H,26,29). The summed E-state index contributed by atoms with van der Waals surface area (Å²) in [7, 11) is -3.84. The van der Waals surface area contributed by atoms with Crippen molar-refractivity contribution in [1.29, 1.82) is 0 Å². The molecule has 1 heterocycles. The summed E-state index contributed by atoms with van der Waals surface area (Å²) in [5.74, 6) is -0.789. The lowest BCUT2D eigenvalue weighted by molar-refractivity contribution is 0.0303. The zero-order valence-corrected chi connectivity index (χ0v) is 19.6. The van der Waals surface area contributed by atoms with Gasteiger partial charge in [-0.3, -0.25) is 14.3 Å². The monoisotopic (exact) mass is 499 g/mol. The van der Waals surface area contributed by atoms with Crippen molar-refractivity contribution < 1.29 is 22.7 Å². The van der Waals surface area contributed by atoms with Crippen LogP contribution >= 0.6 is 11.6 Å². The largest absolute Gasteiger partial charge is 0.378 e. The van der Waals surface area contributed by atoms with Crippen LogP contribution in [0.2, 0.25) is 5.02 Å². The van der Waals surface area contributed by atoms with E-state index in [1.807, 2.05) is 0 Å². The fourth-order valence-corrected chi connectivity index (χ4v) is 4.76. The predicted molar refractivity (Wildman–Crippen MR) is 130 cm³/mol. The topological polar surface area (TPSA) is 105 Å². The average molecular weight is 500 g/mol. The van der Waals surface area contributed by atoms with Crippen molar-refractivity contribution in [2.24, 2.45) is 0 Å². The summed E-state index contributed by atoms with van der Waals surface area (Å²) in [5.41, 5.74) is 0.907. The minimum absolute atomic E-state index is 0.0588. The van der Waals surface area contributed by atoms with Crippen molar-refractivity contribution in [3.05, 3.63) is 88.9 Å². The maximum absolute atomic E-state index is 13.1. The number of carbonyl (C=O) groups excluding carboxylic acids is 2. The number of halogens is 1. The number of morpholine rings is 1. The molecule has 3 aromatic carbocycles. The molecule has 1 fully saturated rings. The molecule has 4 rings (SSSR count). The smallest absolute Gasteiger partial charge is 0.261 e. The molecule has 8 nitrogen and oxygen atoms in total. The molecule has 0 bridgehead atoms. The van der Waals surface area contributed by atoms with E-state index in [-0.39, 0.29) is 27.1 Å². The molecule has 1 saturated heterocycles. The van der Waals surface area contributed by atoms with Gasteiger partial charge in [-0.1, -0.05) is 41.9 Å². The van der Waals surface area contributed by atoms with Crippen molar-refractivity contribution in [2.45, 2.75) is 4.90 Å². The number of rotatable bonds is 6. The van der Waals surface area contributed by atoms with Crippen LogP contribution in [0.15, 0.2) is 77.7 Å². The Labute approximate surface area is 202 Å². The van der Waals surface area contributed by atoms with Crippen LogP contribution in [0, 0.1) is 0 Å². The molecule has 1 aliphatic rings. The first-order valence-electron chi connectivity index (χ1n) is 10.5. The fourth-order valence-electron chi connectivity index (χ4n) is 3.48. The van der Waals surface area contributed by atoms with Gasteiger partial charge in [-0.15, -0.1) is 0 Å². The predicted octanol–water partition coefficient (Wildman–Crippen LogP) is 3.87. The van der Waals surface area contributed by atoms with Gasteiger partial charge in [0.1, 0.15) is 0 Å². The van der Waals surface area contributed by atoms with E-state index in [0.29, 0.717) is 37.6 Å². The third kappa shape index (κ3) is 5.39. The minimum Gasteiger partial charge on any atom is -0.378 e. The van der Waals surface area contributed by atoms with Gasteiger partial charge in [-0.25, -0.2) is 8.42 Å². The van der Waals surface area contributed by atoms with Crippen LogP contribution in [0.5, 0.6) is 0 Å². The molecule has 1 aliphatic heterocycles. The first-order chi connectivity index (χ1) is 16.3. The van der Waals surface area contributed by atoms with E-state index >= 15 is 0 Å². The summed E-state index contributed by atoms with van der Waals surface area (Å²) in [6.45, 7) is 1.86. The normalized spacial score (nSPS) is 13.9. The molecule has 0 saturated carbocycles. The van der Waals surface area contributed by atoms with Crippen LogP contribution in [0.25, 0.3) is 0 Å². The van der Waals surface area contributed by atoms with Gasteiger partial charge in [0.05, 0.1) is 39.9 Å². The Morgan fingerprint density at radius 3 is 2.29 bits per heavy atom. The summed E-state index contributed by atoms with van der Waals surface area (Å²) in [6, 6.07) is 18.8. The van der Waals surface area contributed by atoms with Crippen molar-refractivity contribution in [3.8, 4) is 0 Å². The molecule has 0 aliphatic carbocycles. The molecule has 0 radical (unpaired) electrons. The highest BCUT2D eigenvalue weighted by molar-refractivity contribution is 7.92. The number of hydrogen-bond acceptors (Lipinski definition) is 5. The van der Waals surface area contributed by atoms with E-state index in [4.69, 9.17) is 16.3 Å². The zero-order chi connectivity index (χ0) is 24.1. The number of nitrogens with zero attached hydrogens (tertiary/aromatic N) is 1. The highest BCUT2D eigenvalue weighted by atomic mass is 35.5. The molecule has 0 unspecified atom stereocenters. The second kappa shape index (κ2) is 10.3. The van der Waals surface area contributed by atoms with Gasteiger partial charge in [-0.2, -0.15) is 0 Å². The van der Waals surface area contributed by atoms with Crippen LogP contribution in [0.3, 0.4) is 0 Å². The molecule has 2 amide bonds. The number of hydrogen-bond donors (Lipinski definition) is 2. The first-order valence-corrected chi connectivity index (χ1v) is 12.4. The number of benzene rings is 3. The number of ether oxygens (including phenoxy) is 1. The Kier molecular flexibility index (Phi) is 7.16. The lowest BCUT2D eigenvalue weighted by atomic mass is 10.1. The molecule has 0 atom stereocenters. The maximum atomic E-state index is 13.1. The Hall–Kier alpha value is -3.40. The molecule has 10 heteroatoms. The number of sulfonamides is 1. The van der Waals surface area contributed by atoms with Crippen LogP contribution in [-0.2, 0) is 14.8 Å². The van der Waals surface area contributed by atoms with Gasteiger partial charge < -0.3 is 15.0 Å². The van der Waals surface area contributed by atoms with Crippen molar-refractivity contribution in [1.82, 2.24) is 4.90 Å². The third-order valence-corrected chi connectivity index (χ3v) is 6.95. The fraction of sp³-hybridized carbons (Fsp3) is 0.167. The summed E-state index contributed by atoms with van der Waals surface area (Å²) in [4.78, 5) is 27.8. The molecule has 176 valence electrons. The zero-order valence-electron chi connectivity index (χ0n) is 18.0. The number of anilines is 2. The highest BCUT2D eigenvalue weighted by Gasteiger charge is 2.23. The summed E-state index contributed by atoms with van der Waals surface area (Å²) >= 11 is 6.24. The lowest BCUT2D eigenvalue weighted by Gasteiger charge is -2.27. The number of nitrogens with one attached hydrogen (secondary N) is 2. The van der Waals surface area contributed by atoms with Crippen LogP contribution < -0.4 is 10.0 Å². The van der Waals surface area contributed by atoms with E-state index in [2.05, 4.69) is 10.0 Å². The van der Waals surface area contributed by atoms with E-state index < -0.39 is 15.9 Å². The number of amides is 2. The van der Waals surface area contributed by atoms with Crippen LogP contribution in [0.1, 0.15) is 20.7 Å². The Bertz CT molecular complexity index is 1310. The SMILES string of the molecule is O=C(Nc1ccccc1C(=O)N1CCOCC1)c1cc(NS(=O)(=O)c2ccccc2)ccc1Cl. The molecule has 0 spiro atoms. The molecular formula is C24H22ClN3O5S. The van der Waals surface area contributed by atoms with E-state index in [0.717, 1.165) is 0 Å². The molecule has 3 aromatic rings. The Balaban J connectivity index is 1.56.